The van der Waals surface area contributed by atoms with Gasteiger partial charge in [0.05, 0.1) is 0 Å². The first kappa shape index (κ1) is 25.5. The summed E-state index contributed by atoms with van der Waals surface area (Å²) in [6.45, 7) is 6.40. The first-order chi connectivity index (χ1) is 17.1. The van der Waals surface area contributed by atoms with Crippen molar-refractivity contribution in [3.63, 3.8) is 0 Å². The van der Waals surface area contributed by atoms with E-state index in [9.17, 15) is 9.59 Å². The van der Waals surface area contributed by atoms with Crippen molar-refractivity contribution in [1.29, 1.82) is 0 Å². The molecular formula is C29H26BrN3O2S. The summed E-state index contributed by atoms with van der Waals surface area (Å²) < 4.78 is 0.916. The highest BCUT2D eigenvalue weighted by molar-refractivity contribution is 9.10. The summed E-state index contributed by atoms with van der Waals surface area (Å²) >= 11 is 8.90. The Hall–Kier alpha value is -3.55. The van der Waals surface area contributed by atoms with Crippen molar-refractivity contribution in [2.75, 3.05) is 10.6 Å². The molecule has 4 rings (SSSR count). The standard InChI is InChI=1S/C29H26BrN3O2S/c1-29(2,3)19-15-13-18(14-16-19)26(34)31-20-7-4-8-21(17-20)32-28(36)33-27(35)24-11-5-10-23-22(24)9-6-12-25(23)30/h4-17H,1-3H3,(H,31,34)(H2,32,33,35,36). The zero-order valence-corrected chi connectivity index (χ0v) is 22.6. The fourth-order valence-corrected chi connectivity index (χ4v) is 4.51. The number of nitrogens with one attached hydrogen (secondary N) is 3. The zero-order valence-electron chi connectivity index (χ0n) is 20.2. The van der Waals surface area contributed by atoms with E-state index in [-0.39, 0.29) is 22.3 Å². The number of benzene rings is 4. The molecule has 0 aliphatic rings. The topological polar surface area (TPSA) is 70.2 Å². The van der Waals surface area contributed by atoms with E-state index in [2.05, 4.69) is 52.7 Å². The van der Waals surface area contributed by atoms with Crippen molar-refractivity contribution in [2.24, 2.45) is 0 Å². The maximum atomic E-state index is 12.9. The van der Waals surface area contributed by atoms with Gasteiger partial charge < -0.3 is 10.6 Å². The molecule has 182 valence electrons. The second-order valence-corrected chi connectivity index (χ2v) is 10.7. The summed E-state index contributed by atoms with van der Waals surface area (Å²) in [6, 6.07) is 26.0. The molecule has 5 nitrogen and oxygen atoms in total. The average molecular weight is 561 g/mol. The van der Waals surface area contributed by atoms with E-state index in [4.69, 9.17) is 12.2 Å². The molecule has 2 amide bonds. The predicted molar refractivity (Wildman–Crippen MR) is 155 cm³/mol. The lowest BCUT2D eigenvalue weighted by Crippen LogP contribution is -2.34. The summed E-state index contributed by atoms with van der Waals surface area (Å²) in [5, 5.41) is 10.6. The first-order valence-corrected chi connectivity index (χ1v) is 12.6. The third-order valence-corrected chi connectivity index (χ3v) is 6.63. The predicted octanol–water partition coefficient (Wildman–Crippen LogP) is 7.28. The lowest BCUT2D eigenvalue weighted by atomic mass is 9.87. The van der Waals surface area contributed by atoms with Crippen molar-refractivity contribution in [2.45, 2.75) is 26.2 Å². The summed E-state index contributed by atoms with van der Waals surface area (Å²) in [5.41, 5.74) is 3.53. The molecule has 4 aromatic rings. The van der Waals surface area contributed by atoms with Gasteiger partial charge in [0.2, 0.25) is 0 Å². The van der Waals surface area contributed by atoms with Crippen molar-refractivity contribution in [1.82, 2.24) is 5.32 Å². The Bertz CT molecular complexity index is 1460. The average Bonchev–Trinajstić information content (AvgIpc) is 2.83. The van der Waals surface area contributed by atoms with Crippen molar-refractivity contribution in [3.05, 3.63) is 106 Å². The number of amides is 2. The van der Waals surface area contributed by atoms with Crippen LogP contribution in [0.3, 0.4) is 0 Å². The lowest BCUT2D eigenvalue weighted by molar-refractivity contribution is 0.0978. The Balaban J connectivity index is 1.41. The van der Waals surface area contributed by atoms with Gasteiger partial charge in [-0.15, -0.1) is 0 Å². The molecular weight excluding hydrogens is 534 g/mol. The highest BCUT2D eigenvalue weighted by atomic mass is 79.9. The first-order valence-electron chi connectivity index (χ1n) is 11.4. The van der Waals surface area contributed by atoms with Crippen LogP contribution in [0.15, 0.2) is 89.4 Å². The van der Waals surface area contributed by atoms with E-state index >= 15 is 0 Å². The van der Waals surface area contributed by atoms with E-state index in [1.54, 1.807) is 30.3 Å². The molecule has 0 aliphatic heterocycles. The second-order valence-electron chi connectivity index (χ2n) is 9.41. The van der Waals surface area contributed by atoms with Crippen molar-refractivity contribution in [3.8, 4) is 0 Å². The highest BCUT2D eigenvalue weighted by Crippen LogP contribution is 2.26. The number of thiocarbonyl (C=S) groups is 1. The lowest BCUT2D eigenvalue weighted by Gasteiger charge is -2.19. The SMILES string of the molecule is CC(C)(C)c1ccc(C(=O)Nc2cccc(NC(=S)NC(=O)c3cccc4c(Br)cccc34)c2)cc1. The van der Waals surface area contributed by atoms with Crippen LogP contribution < -0.4 is 16.0 Å². The van der Waals surface area contributed by atoms with Gasteiger partial charge in [0.1, 0.15) is 0 Å². The molecule has 0 aliphatic carbocycles. The van der Waals surface area contributed by atoms with Crippen LogP contribution in [0.2, 0.25) is 0 Å². The number of hydrogen-bond donors (Lipinski definition) is 3. The monoisotopic (exact) mass is 559 g/mol. The minimum Gasteiger partial charge on any atom is -0.332 e. The molecule has 0 atom stereocenters. The quantitative estimate of drug-likeness (QED) is 0.230. The Morgan fingerprint density at radius 2 is 1.36 bits per heavy atom. The molecule has 0 saturated carbocycles. The Labute approximate surface area is 224 Å². The number of hydrogen-bond acceptors (Lipinski definition) is 3. The van der Waals surface area contributed by atoms with E-state index in [1.165, 1.54) is 0 Å². The number of carbonyl (C=O) groups is 2. The van der Waals surface area contributed by atoms with Gasteiger partial charge in [-0.1, -0.05) is 79.2 Å². The largest absolute Gasteiger partial charge is 0.332 e. The summed E-state index contributed by atoms with van der Waals surface area (Å²) in [4.78, 5) is 25.6. The molecule has 0 aromatic heterocycles. The van der Waals surface area contributed by atoms with Crippen LogP contribution in [0.5, 0.6) is 0 Å². The third kappa shape index (κ3) is 5.98. The Morgan fingerprint density at radius 1 is 0.750 bits per heavy atom. The van der Waals surface area contributed by atoms with Crippen LogP contribution in [0.25, 0.3) is 10.8 Å². The molecule has 0 unspecified atom stereocenters. The van der Waals surface area contributed by atoms with Gasteiger partial charge in [-0.2, -0.15) is 0 Å². The molecule has 0 saturated heterocycles. The highest BCUT2D eigenvalue weighted by Gasteiger charge is 2.15. The molecule has 0 bridgehead atoms. The Kier molecular flexibility index (Phi) is 7.52. The molecule has 0 fully saturated rings. The van der Waals surface area contributed by atoms with E-state index in [0.29, 0.717) is 22.5 Å². The maximum Gasteiger partial charge on any atom is 0.258 e. The smallest absolute Gasteiger partial charge is 0.258 e. The maximum absolute atomic E-state index is 12.9. The van der Waals surface area contributed by atoms with Gasteiger partial charge in [0.25, 0.3) is 11.8 Å². The number of rotatable bonds is 4. The van der Waals surface area contributed by atoms with Gasteiger partial charge in [-0.3, -0.25) is 14.9 Å². The molecule has 0 spiro atoms. The molecule has 4 aromatic carbocycles. The van der Waals surface area contributed by atoms with Crippen molar-refractivity contribution < 1.29 is 9.59 Å². The molecule has 3 N–H and O–H groups in total. The van der Waals surface area contributed by atoms with Gasteiger partial charge in [0.15, 0.2) is 5.11 Å². The summed E-state index contributed by atoms with van der Waals surface area (Å²) in [7, 11) is 0. The fourth-order valence-electron chi connectivity index (χ4n) is 3.80. The second kappa shape index (κ2) is 10.6. The van der Waals surface area contributed by atoms with Crippen LogP contribution in [-0.4, -0.2) is 16.9 Å². The molecule has 36 heavy (non-hydrogen) atoms. The van der Waals surface area contributed by atoms with Crippen molar-refractivity contribution >= 4 is 67.2 Å². The third-order valence-electron chi connectivity index (χ3n) is 5.73. The van der Waals surface area contributed by atoms with Gasteiger partial charge in [-0.25, -0.2) is 0 Å². The molecule has 7 heteroatoms. The van der Waals surface area contributed by atoms with Crippen LogP contribution in [0.4, 0.5) is 11.4 Å². The van der Waals surface area contributed by atoms with Crippen LogP contribution in [0.1, 0.15) is 47.1 Å². The van der Waals surface area contributed by atoms with E-state index in [1.807, 2.05) is 54.6 Å². The normalized spacial score (nSPS) is 11.1. The van der Waals surface area contributed by atoms with Gasteiger partial charge >= 0.3 is 0 Å². The number of anilines is 2. The minimum atomic E-state index is -0.306. The van der Waals surface area contributed by atoms with Crippen LogP contribution in [0, 0.1) is 0 Å². The molecule has 0 radical (unpaired) electrons. The fraction of sp³-hybridized carbons (Fsp3) is 0.138. The van der Waals surface area contributed by atoms with Crippen LogP contribution in [-0.2, 0) is 5.41 Å². The minimum absolute atomic E-state index is 0.0211. The van der Waals surface area contributed by atoms with Gasteiger partial charge in [0, 0.05) is 27.0 Å². The number of halogens is 1. The summed E-state index contributed by atoms with van der Waals surface area (Å²) in [6.07, 6.45) is 0. The number of fused-ring (bicyclic) bond motifs is 1. The van der Waals surface area contributed by atoms with E-state index < -0.39 is 0 Å². The summed E-state index contributed by atoms with van der Waals surface area (Å²) in [5.74, 6) is -0.509. The molecule has 0 heterocycles. The Morgan fingerprint density at radius 3 is 2.06 bits per heavy atom. The zero-order chi connectivity index (χ0) is 25.9. The van der Waals surface area contributed by atoms with Gasteiger partial charge in [-0.05, 0) is 76.4 Å². The van der Waals surface area contributed by atoms with E-state index in [0.717, 1.165) is 20.8 Å². The van der Waals surface area contributed by atoms with Crippen LogP contribution >= 0.6 is 28.1 Å². The number of carbonyl (C=O) groups excluding carboxylic acids is 2.